The van der Waals surface area contributed by atoms with Crippen LogP contribution in [-0.2, 0) is 0 Å². The Morgan fingerprint density at radius 1 is 0.291 bits per heavy atom. The molecule has 0 rings (SSSR count). The Morgan fingerprint density at radius 3 is 0.764 bits per heavy atom. The van der Waals surface area contributed by atoms with E-state index < -0.39 is 5.66 Å². The summed E-state index contributed by atoms with van der Waals surface area (Å²) in [6, 6.07) is 0. The standard InChI is InChI=1S/C41H98N14/c1-39(41(54,55)31-19-7-15-27-38(52)53,32(20-8-2-10-22-33(42)43)21-9-3-11-23-34(44)45)40(28-16-4-12-24-35(46)47,29-17-5-13-25-36(48)49)30-18-6-14-26-37(50)51/h32-38H,2-31,42-55H2,1H3. The summed E-state index contributed by atoms with van der Waals surface area (Å²) in [6.45, 7) is 2.49. The quantitative estimate of drug-likeness (QED) is 0.0314. The molecule has 0 amide bonds. The molecule has 55 heavy (non-hydrogen) atoms. The maximum atomic E-state index is 7.74. The molecule has 0 heterocycles. The lowest BCUT2D eigenvalue weighted by Gasteiger charge is -2.61. The van der Waals surface area contributed by atoms with E-state index in [1.54, 1.807) is 0 Å². The van der Waals surface area contributed by atoms with E-state index in [1.807, 2.05) is 0 Å². The summed E-state index contributed by atoms with van der Waals surface area (Å²) < 4.78 is 0. The maximum absolute atomic E-state index is 7.74. The largest absolute Gasteiger partial charge is 0.316 e. The third-order valence-corrected chi connectivity index (χ3v) is 12.8. The van der Waals surface area contributed by atoms with Crippen LogP contribution >= 0.6 is 0 Å². The Bertz CT molecular complexity index is 806. The molecular formula is C41H98N14. The lowest BCUT2D eigenvalue weighted by atomic mass is 9.46. The van der Waals surface area contributed by atoms with Crippen LogP contribution in [0.25, 0.3) is 0 Å². The van der Waals surface area contributed by atoms with Gasteiger partial charge in [-0.15, -0.1) is 0 Å². The molecule has 332 valence electrons. The van der Waals surface area contributed by atoms with Crippen molar-refractivity contribution in [1.82, 2.24) is 0 Å². The van der Waals surface area contributed by atoms with Gasteiger partial charge in [-0.3, -0.25) is 0 Å². The van der Waals surface area contributed by atoms with Crippen LogP contribution in [0.1, 0.15) is 200 Å². The third-order valence-electron chi connectivity index (χ3n) is 12.8. The first kappa shape index (κ1) is 54.4. The second kappa shape index (κ2) is 31.4. The fourth-order valence-corrected chi connectivity index (χ4v) is 9.37. The van der Waals surface area contributed by atoms with Crippen molar-refractivity contribution < 1.29 is 0 Å². The number of nitrogens with two attached hydrogens (primary N) is 14. The van der Waals surface area contributed by atoms with E-state index >= 15 is 0 Å². The summed E-state index contributed by atoms with van der Waals surface area (Å²) in [5.74, 6) is 0.311. The Hall–Kier alpha value is -0.560. The van der Waals surface area contributed by atoms with Crippen molar-refractivity contribution in [2.75, 3.05) is 0 Å². The zero-order valence-electron chi connectivity index (χ0n) is 35.8. The summed E-state index contributed by atoms with van der Waals surface area (Å²) in [7, 11) is 0. The summed E-state index contributed by atoms with van der Waals surface area (Å²) in [4.78, 5) is 0. The Kier molecular flexibility index (Phi) is 31.1. The maximum Gasteiger partial charge on any atom is 0.0699 e. The SMILES string of the molecule is CC(C(CCCCCC(N)N)CCCCCC(N)N)(C(N)(N)CCCCCC(N)N)C(CCCCCC(N)N)(CCCCCC(N)N)CCCCCC(N)N. The molecule has 0 saturated carbocycles. The van der Waals surface area contributed by atoms with Crippen molar-refractivity contribution in [3.63, 3.8) is 0 Å². The molecule has 0 spiro atoms. The Labute approximate surface area is 338 Å². The van der Waals surface area contributed by atoms with Crippen molar-refractivity contribution in [3.8, 4) is 0 Å². The lowest BCUT2D eigenvalue weighted by Crippen LogP contribution is -2.70. The average Bonchev–Trinajstić information content (AvgIpc) is 3.08. The summed E-state index contributed by atoms with van der Waals surface area (Å²) in [5.41, 5.74) is 85.5. The van der Waals surface area contributed by atoms with E-state index in [0.717, 1.165) is 193 Å². The van der Waals surface area contributed by atoms with Crippen LogP contribution in [0, 0.1) is 16.7 Å². The molecule has 0 aromatic rings. The predicted molar refractivity (Wildman–Crippen MR) is 237 cm³/mol. The summed E-state index contributed by atoms with van der Waals surface area (Å²) in [6.07, 6.45) is 27.8. The highest BCUT2D eigenvalue weighted by atomic mass is 15.0. The van der Waals surface area contributed by atoms with Crippen LogP contribution in [0.2, 0.25) is 0 Å². The minimum Gasteiger partial charge on any atom is -0.316 e. The Morgan fingerprint density at radius 2 is 0.509 bits per heavy atom. The van der Waals surface area contributed by atoms with Crippen molar-refractivity contribution >= 4 is 0 Å². The monoisotopic (exact) mass is 787 g/mol. The molecule has 0 saturated heterocycles. The number of hydrogen-bond acceptors (Lipinski definition) is 14. The molecule has 0 aromatic carbocycles. The smallest absolute Gasteiger partial charge is 0.0699 e. The number of hydrogen-bond donors (Lipinski definition) is 14. The highest BCUT2D eigenvalue weighted by Gasteiger charge is 2.58. The van der Waals surface area contributed by atoms with Crippen LogP contribution in [0.3, 0.4) is 0 Å². The van der Waals surface area contributed by atoms with E-state index in [2.05, 4.69) is 6.92 Å². The molecule has 0 aliphatic heterocycles. The molecular weight excluding hydrogens is 689 g/mol. The molecule has 28 N–H and O–H groups in total. The van der Waals surface area contributed by atoms with Gasteiger partial charge in [0.25, 0.3) is 0 Å². The highest BCUT2D eigenvalue weighted by molar-refractivity contribution is 5.10. The molecule has 1 atom stereocenters. The molecule has 0 bridgehead atoms. The highest BCUT2D eigenvalue weighted by Crippen LogP contribution is 2.61. The van der Waals surface area contributed by atoms with Gasteiger partial charge in [0.15, 0.2) is 0 Å². The van der Waals surface area contributed by atoms with Crippen molar-refractivity contribution in [2.24, 2.45) is 97.0 Å². The molecule has 0 radical (unpaired) electrons. The minimum atomic E-state index is -0.916. The van der Waals surface area contributed by atoms with Gasteiger partial charge < -0.3 is 80.3 Å². The molecule has 1 unspecified atom stereocenters. The van der Waals surface area contributed by atoms with Crippen LogP contribution in [0.4, 0.5) is 0 Å². The van der Waals surface area contributed by atoms with Crippen LogP contribution in [0.15, 0.2) is 0 Å². The van der Waals surface area contributed by atoms with Gasteiger partial charge >= 0.3 is 0 Å². The van der Waals surface area contributed by atoms with Gasteiger partial charge in [-0.2, -0.15) is 0 Å². The van der Waals surface area contributed by atoms with Crippen molar-refractivity contribution in [3.05, 3.63) is 0 Å². The molecule has 0 aliphatic rings. The van der Waals surface area contributed by atoms with E-state index in [4.69, 9.17) is 80.3 Å². The fraction of sp³-hybridized carbons (Fsp3) is 1.00. The second-order valence-corrected chi connectivity index (χ2v) is 17.9. The van der Waals surface area contributed by atoms with Gasteiger partial charge in [-0.05, 0) is 88.4 Å². The zero-order chi connectivity index (χ0) is 41.8. The third kappa shape index (κ3) is 24.8. The summed E-state index contributed by atoms with van der Waals surface area (Å²) in [5, 5.41) is 0. The zero-order valence-corrected chi connectivity index (χ0v) is 35.8. The molecule has 14 heteroatoms. The average molecular weight is 787 g/mol. The first-order valence-corrected chi connectivity index (χ1v) is 22.5. The molecule has 0 aromatic heterocycles. The van der Waals surface area contributed by atoms with Crippen molar-refractivity contribution in [2.45, 2.75) is 242 Å². The van der Waals surface area contributed by atoms with Gasteiger partial charge in [0.05, 0.1) is 42.7 Å². The molecule has 14 nitrogen and oxygen atoms in total. The van der Waals surface area contributed by atoms with E-state index in [1.165, 1.54) is 0 Å². The first-order valence-electron chi connectivity index (χ1n) is 22.5. The van der Waals surface area contributed by atoms with Gasteiger partial charge in [0, 0.05) is 5.41 Å². The molecule has 0 fully saturated rings. The van der Waals surface area contributed by atoms with Crippen LogP contribution in [-0.4, -0.2) is 42.7 Å². The summed E-state index contributed by atoms with van der Waals surface area (Å²) >= 11 is 0. The minimum absolute atomic E-state index is 0.111. The van der Waals surface area contributed by atoms with Gasteiger partial charge in [-0.25, -0.2) is 0 Å². The number of rotatable bonds is 39. The van der Waals surface area contributed by atoms with Gasteiger partial charge in [0.1, 0.15) is 0 Å². The van der Waals surface area contributed by atoms with Crippen LogP contribution in [0.5, 0.6) is 0 Å². The second-order valence-electron chi connectivity index (χ2n) is 17.9. The van der Waals surface area contributed by atoms with Gasteiger partial charge in [0.2, 0.25) is 0 Å². The Balaban J connectivity index is 7.20. The lowest BCUT2D eigenvalue weighted by molar-refractivity contribution is -0.105. The fourth-order valence-electron chi connectivity index (χ4n) is 9.37. The van der Waals surface area contributed by atoms with Gasteiger partial charge in [-0.1, -0.05) is 122 Å². The first-order chi connectivity index (χ1) is 25.9. The van der Waals surface area contributed by atoms with Crippen molar-refractivity contribution in [1.29, 1.82) is 0 Å². The molecule has 0 aliphatic carbocycles. The van der Waals surface area contributed by atoms with E-state index in [-0.39, 0.29) is 47.8 Å². The van der Waals surface area contributed by atoms with E-state index in [9.17, 15) is 0 Å². The van der Waals surface area contributed by atoms with Crippen LogP contribution < -0.4 is 80.3 Å². The predicted octanol–water partition coefficient (Wildman–Crippen LogP) is 3.37. The topological polar surface area (TPSA) is 364 Å². The number of unbranched alkanes of at least 4 members (excludes halogenated alkanes) is 12. The normalized spacial score (nSPS) is 14.3. The van der Waals surface area contributed by atoms with E-state index in [0.29, 0.717) is 5.92 Å².